The number of aromatic nitrogens is 2. The first kappa shape index (κ1) is 16.4. The van der Waals surface area contributed by atoms with Gasteiger partial charge in [0.25, 0.3) is 0 Å². The van der Waals surface area contributed by atoms with Gasteiger partial charge in [-0.2, -0.15) is 0 Å². The average Bonchev–Trinajstić information content (AvgIpc) is 2.55. The van der Waals surface area contributed by atoms with Crippen molar-refractivity contribution in [1.29, 1.82) is 0 Å². The maximum absolute atomic E-state index is 11.7. The van der Waals surface area contributed by atoms with Crippen LogP contribution in [0.4, 0.5) is 11.6 Å². The van der Waals surface area contributed by atoms with E-state index in [2.05, 4.69) is 20.2 Å². The molecule has 6 heteroatoms. The van der Waals surface area contributed by atoms with Crippen LogP contribution in [0.15, 0.2) is 12.4 Å². The Kier molecular flexibility index (Phi) is 5.46. The monoisotopic (exact) mass is 304 g/mol. The van der Waals surface area contributed by atoms with Crippen LogP contribution in [-0.4, -0.2) is 34.7 Å². The molecule has 0 unspecified atom stereocenters. The summed E-state index contributed by atoms with van der Waals surface area (Å²) >= 11 is 0. The molecule has 1 aliphatic rings. The zero-order valence-electron chi connectivity index (χ0n) is 13.5. The molecule has 1 aromatic heterocycles. The molecule has 120 valence electrons. The van der Waals surface area contributed by atoms with E-state index in [1.807, 2.05) is 20.8 Å². The predicted molar refractivity (Wildman–Crippen MR) is 85.7 cm³/mol. The number of Topliss-reactive ketones (excluding diaryl/α,β-unsaturated/α-hetero) is 1. The third-order valence-corrected chi connectivity index (χ3v) is 4.01. The van der Waals surface area contributed by atoms with E-state index < -0.39 is 0 Å². The Morgan fingerprint density at radius 1 is 1.27 bits per heavy atom. The van der Waals surface area contributed by atoms with Crippen LogP contribution in [0.5, 0.6) is 0 Å². The van der Waals surface area contributed by atoms with E-state index in [0.29, 0.717) is 23.8 Å². The summed E-state index contributed by atoms with van der Waals surface area (Å²) in [5, 5.41) is 2.77. The molecule has 1 fully saturated rings. The first-order chi connectivity index (χ1) is 10.5. The van der Waals surface area contributed by atoms with Gasteiger partial charge < -0.3 is 10.2 Å². The molecule has 1 saturated heterocycles. The number of nitrogens with zero attached hydrogens (tertiary/aromatic N) is 3. The lowest BCUT2D eigenvalue weighted by Crippen LogP contribution is -2.37. The molecule has 2 rings (SSSR count). The van der Waals surface area contributed by atoms with Crippen LogP contribution in [0, 0.1) is 11.8 Å². The topological polar surface area (TPSA) is 75.2 Å². The average molecular weight is 304 g/mol. The number of carbonyl (C=O) groups is 2. The Morgan fingerprint density at radius 3 is 2.36 bits per heavy atom. The lowest BCUT2D eigenvalue weighted by atomic mass is 9.91. The SMILES string of the molecule is CCC(=O)C1CCN(c2ncc(NC(=O)C(C)C)cn2)CC1. The molecule has 0 atom stereocenters. The largest absolute Gasteiger partial charge is 0.341 e. The van der Waals surface area contributed by atoms with E-state index in [1.165, 1.54) is 0 Å². The molecule has 0 bridgehead atoms. The minimum Gasteiger partial charge on any atom is -0.341 e. The Labute approximate surface area is 131 Å². The molecule has 0 spiro atoms. The number of ketones is 1. The second-order valence-corrected chi connectivity index (χ2v) is 6.00. The van der Waals surface area contributed by atoms with Crippen LogP contribution >= 0.6 is 0 Å². The quantitative estimate of drug-likeness (QED) is 0.903. The molecule has 0 radical (unpaired) electrons. The number of hydrogen-bond donors (Lipinski definition) is 1. The van der Waals surface area contributed by atoms with Crippen LogP contribution in [-0.2, 0) is 9.59 Å². The summed E-state index contributed by atoms with van der Waals surface area (Å²) < 4.78 is 0. The van der Waals surface area contributed by atoms with Crippen molar-refractivity contribution in [3.63, 3.8) is 0 Å². The van der Waals surface area contributed by atoms with E-state index in [9.17, 15) is 9.59 Å². The molecule has 0 aliphatic carbocycles. The third-order valence-electron chi connectivity index (χ3n) is 4.01. The summed E-state index contributed by atoms with van der Waals surface area (Å²) in [5.74, 6) is 1.08. The number of amides is 1. The number of carbonyl (C=O) groups excluding carboxylic acids is 2. The van der Waals surface area contributed by atoms with Crippen molar-refractivity contribution < 1.29 is 9.59 Å². The van der Waals surface area contributed by atoms with Crippen LogP contribution < -0.4 is 10.2 Å². The van der Waals surface area contributed by atoms with Gasteiger partial charge in [-0.1, -0.05) is 20.8 Å². The Morgan fingerprint density at radius 2 is 1.86 bits per heavy atom. The van der Waals surface area contributed by atoms with E-state index in [1.54, 1.807) is 12.4 Å². The van der Waals surface area contributed by atoms with Crippen LogP contribution in [0.2, 0.25) is 0 Å². The van der Waals surface area contributed by atoms with E-state index in [4.69, 9.17) is 0 Å². The summed E-state index contributed by atoms with van der Waals surface area (Å²) in [6, 6.07) is 0. The van der Waals surface area contributed by atoms with Gasteiger partial charge in [0.2, 0.25) is 11.9 Å². The summed E-state index contributed by atoms with van der Waals surface area (Å²) in [5.41, 5.74) is 0.610. The Hall–Kier alpha value is -1.98. The fourth-order valence-electron chi connectivity index (χ4n) is 2.53. The lowest BCUT2D eigenvalue weighted by molar-refractivity contribution is -0.123. The highest BCUT2D eigenvalue weighted by atomic mass is 16.1. The number of hydrogen-bond acceptors (Lipinski definition) is 5. The summed E-state index contributed by atoms with van der Waals surface area (Å²) in [4.78, 5) is 34.1. The van der Waals surface area contributed by atoms with Crippen molar-refractivity contribution in [2.24, 2.45) is 11.8 Å². The number of anilines is 2. The lowest BCUT2D eigenvalue weighted by Gasteiger charge is -2.31. The Bertz CT molecular complexity index is 519. The molecule has 1 aliphatic heterocycles. The normalized spacial score (nSPS) is 15.9. The van der Waals surface area contributed by atoms with Crippen molar-refractivity contribution >= 4 is 23.3 Å². The molecular weight excluding hydrogens is 280 g/mol. The molecule has 1 N–H and O–H groups in total. The number of piperidine rings is 1. The fourth-order valence-corrected chi connectivity index (χ4v) is 2.53. The molecular formula is C16H24N4O2. The maximum Gasteiger partial charge on any atom is 0.227 e. The molecule has 6 nitrogen and oxygen atoms in total. The second kappa shape index (κ2) is 7.33. The highest BCUT2D eigenvalue weighted by molar-refractivity contribution is 5.91. The molecule has 1 amide bonds. The standard InChI is InChI=1S/C16H24N4O2/c1-4-14(21)12-5-7-20(8-6-12)16-17-9-13(10-18-16)19-15(22)11(2)3/h9-12H,4-8H2,1-3H3,(H,19,22). The molecule has 2 heterocycles. The van der Waals surface area contributed by atoms with Crippen LogP contribution in [0.25, 0.3) is 0 Å². The van der Waals surface area contributed by atoms with Crippen molar-refractivity contribution in [1.82, 2.24) is 9.97 Å². The minimum absolute atomic E-state index is 0.0461. The van der Waals surface area contributed by atoms with Gasteiger partial charge in [-0.05, 0) is 12.8 Å². The summed E-state index contributed by atoms with van der Waals surface area (Å²) in [7, 11) is 0. The summed E-state index contributed by atoms with van der Waals surface area (Å²) in [6.07, 6.45) is 5.60. The zero-order chi connectivity index (χ0) is 16.1. The molecule has 22 heavy (non-hydrogen) atoms. The van der Waals surface area contributed by atoms with Crippen molar-refractivity contribution in [3.05, 3.63) is 12.4 Å². The van der Waals surface area contributed by atoms with Crippen molar-refractivity contribution in [2.75, 3.05) is 23.3 Å². The van der Waals surface area contributed by atoms with Gasteiger partial charge in [0.05, 0.1) is 18.1 Å². The first-order valence-electron chi connectivity index (χ1n) is 7.91. The second-order valence-electron chi connectivity index (χ2n) is 6.00. The van der Waals surface area contributed by atoms with E-state index in [0.717, 1.165) is 25.9 Å². The van der Waals surface area contributed by atoms with Gasteiger partial charge in [-0.25, -0.2) is 9.97 Å². The summed E-state index contributed by atoms with van der Waals surface area (Å²) in [6.45, 7) is 7.20. The zero-order valence-corrected chi connectivity index (χ0v) is 13.5. The fraction of sp³-hybridized carbons (Fsp3) is 0.625. The maximum atomic E-state index is 11.7. The highest BCUT2D eigenvalue weighted by Gasteiger charge is 2.24. The van der Waals surface area contributed by atoms with Crippen LogP contribution in [0.1, 0.15) is 40.0 Å². The van der Waals surface area contributed by atoms with Crippen molar-refractivity contribution in [2.45, 2.75) is 40.0 Å². The van der Waals surface area contributed by atoms with E-state index in [-0.39, 0.29) is 17.7 Å². The predicted octanol–water partition coefficient (Wildman–Crippen LogP) is 2.27. The Balaban J connectivity index is 1.92. The first-order valence-corrected chi connectivity index (χ1v) is 7.91. The van der Waals surface area contributed by atoms with Gasteiger partial charge in [-0.3, -0.25) is 9.59 Å². The van der Waals surface area contributed by atoms with E-state index >= 15 is 0 Å². The number of rotatable bonds is 5. The molecule has 0 saturated carbocycles. The van der Waals surface area contributed by atoms with Crippen LogP contribution in [0.3, 0.4) is 0 Å². The van der Waals surface area contributed by atoms with Gasteiger partial charge in [0.15, 0.2) is 0 Å². The van der Waals surface area contributed by atoms with Gasteiger partial charge in [-0.15, -0.1) is 0 Å². The molecule has 0 aromatic carbocycles. The smallest absolute Gasteiger partial charge is 0.227 e. The third kappa shape index (κ3) is 4.02. The number of nitrogens with one attached hydrogen (secondary N) is 1. The van der Waals surface area contributed by atoms with Gasteiger partial charge in [0, 0.05) is 31.3 Å². The van der Waals surface area contributed by atoms with Crippen molar-refractivity contribution in [3.8, 4) is 0 Å². The molecule has 1 aromatic rings. The highest BCUT2D eigenvalue weighted by Crippen LogP contribution is 2.22. The van der Waals surface area contributed by atoms with Gasteiger partial charge >= 0.3 is 0 Å². The van der Waals surface area contributed by atoms with Gasteiger partial charge in [0.1, 0.15) is 5.78 Å². The minimum atomic E-state index is -0.0743.